The highest BCUT2D eigenvalue weighted by atomic mass is 15.3. The molecular weight excluding hydrogens is 779 g/mol. The molecule has 0 aromatic heterocycles. The Morgan fingerprint density at radius 1 is 0.625 bits per heavy atom. The molecule has 6 unspecified atom stereocenters. The van der Waals surface area contributed by atoms with Crippen LogP contribution >= 0.6 is 0 Å². The lowest BCUT2D eigenvalue weighted by Crippen LogP contribution is -2.39. The lowest BCUT2D eigenvalue weighted by molar-refractivity contribution is 0.296. The van der Waals surface area contributed by atoms with Crippen LogP contribution in [0.25, 0.3) is 21.9 Å². The van der Waals surface area contributed by atoms with Crippen molar-refractivity contribution in [2.45, 2.75) is 56.3 Å². The van der Waals surface area contributed by atoms with Gasteiger partial charge in [-0.05, 0) is 88.6 Å². The van der Waals surface area contributed by atoms with Crippen LogP contribution in [0.1, 0.15) is 60.9 Å². The van der Waals surface area contributed by atoms with Gasteiger partial charge in [0.05, 0.1) is 23.1 Å². The molecule has 5 aromatic carbocycles. The largest absolute Gasteiger partial charge is 0.344 e. The summed E-state index contributed by atoms with van der Waals surface area (Å²) in [5.74, 6) is 2.65. The summed E-state index contributed by atoms with van der Waals surface area (Å²) in [5.41, 5.74) is 15.6. The Labute approximate surface area is 375 Å². The Kier molecular flexibility index (Phi) is 8.89. The number of rotatable bonds is 6. The third-order valence-corrected chi connectivity index (χ3v) is 14.7. The summed E-state index contributed by atoms with van der Waals surface area (Å²) >= 11 is 0. The van der Waals surface area contributed by atoms with Crippen molar-refractivity contribution in [3.05, 3.63) is 245 Å². The van der Waals surface area contributed by atoms with Crippen LogP contribution in [0.2, 0.25) is 0 Å². The molecule has 3 heterocycles. The van der Waals surface area contributed by atoms with Gasteiger partial charge in [0.25, 0.3) is 0 Å². The average molecular weight is 828 g/mol. The zero-order valence-corrected chi connectivity index (χ0v) is 35.8. The zero-order chi connectivity index (χ0) is 42.1. The van der Waals surface area contributed by atoms with Crippen molar-refractivity contribution < 1.29 is 0 Å². The minimum Gasteiger partial charge on any atom is -0.344 e. The van der Waals surface area contributed by atoms with Gasteiger partial charge in [0, 0.05) is 40.4 Å². The van der Waals surface area contributed by atoms with Gasteiger partial charge in [0.2, 0.25) is 0 Å². The van der Waals surface area contributed by atoms with Crippen LogP contribution in [-0.2, 0) is 0 Å². The highest BCUT2D eigenvalue weighted by Gasteiger charge is 2.50. The van der Waals surface area contributed by atoms with Crippen LogP contribution in [-0.4, -0.2) is 28.7 Å². The summed E-state index contributed by atoms with van der Waals surface area (Å²) < 4.78 is 0. The van der Waals surface area contributed by atoms with Crippen molar-refractivity contribution in [2.24, 2.45) is 21.8 Å². The van der Waals surface area contributed by atoms with Crippen LogP contribution < -0.4 is 10.2 Å². The quantitative estimate of drug-likeness (QED) is 0.173. The van der Waals surface area contributed by atoms with Gasteiger partial charge in [0.1, 0.15) is 12.0 Å². The van der Waals surface area contributed by atoms with Crippen LogP contribution in [0, 0.1) is 11.8 Å². The lowest BCUT2D eigenvalue weighted by Gasteiger charge is -2.41. The Balaban J connectivity index is 0.945. The predicted molar refractivity (Wildman–Crippen MR) is 263 cm³/mol. The summed E-state index contributed by atoms with van der Waals surface area (Å²) in [7, 11) is 0. The van der Waals surface area contributed by atoms with Crippen molar-refractivity contribution >= 4 is 28.1 Å². The van der Waals surface area contributed by atoms with Gasteiger partial charge in [-0.15, -0.1) is 0 Å². The molecule has 0 saturated carbocycles. The molecule has 1 saturated heterocycles. The Morgan fingerprint density at radius 3 is 2.33 bits per heavy atom. The van der Waals surface area contributed by atoms with E-state index in [9.17, 15) is 0 Å². The molecular formula is C59H49N5. The molecule has 310 valence electrons. The second-order valence-corrected chi connectivity index (χ2v) is 18.2. The number of allylic oxidation sites excluding steroid dienone is 12. The third-order valence-electron chi connectivity index (χ3n) is 14.7. The molecule has 5 nitrogen and oxygen atoms in total. The van der Waals surface area contributed by atoms with Gasteiger partial charge in [-0.2, -0.15) is 0 Å². The molecule has 64 heavy (non-hydrogen) atoms. The molecule has 1 fully saturated rings. The standard InChI is InChI=1S/C59H49N5/c1-3-16-38(17-4-1)42-22-15-23-44(36-42)59-61-57(40-19-5-2-6-20-40)60-58(62-59)41-30-33-45(34-31-41)63-52-28-13-12-27-49(52)51-37-43-21-8-10-25-47(43)55(56(51)63)64-53-29-14-11-26-48(53)50-35-32-39-18-7-9-24-46(39)54(50)64/h1-12,14-20,22-27,29-30,32-33,35-37,43,48-49,52-53,57H,13,21,28,31,34H2,(H,60,61,62). The van der Waals surface area contributed by atoms with Crippen molar-refractivity contribution in [3.8, 4) is 11.1 Å². The van der Waals surface area contributed by atoms with Crippen LogP contribution in [0.15, 0.2) is 238 Å². The summed E-state index contributed by atoms with van der Waals surface area (Å²) in [6.45, 7) is 0. The van der Waals surface area contributed by atoms with Gasteiger partial charge < -0.3 is 15.1 Å². The molecule has 8 aliphatic rings. The number of fused-ring (bicyclic) bond motifs is 9. The number of nitrogens with one attached hydrogen (secondary N) is 1. The third kappa shape index (κ3) is 6.05. The van der Waals surface area contributed by atoms with Crippen LogP contribution in [0.4, 0.5) is 5.69 Å². The van der Waals surface area contributed by atoms with Crippen molar-refractivity contribution in [1.29, 1.82) is 0 Å². The fourth-order valence-corrected chi connectivity index (χ4v) is 11.7. The number of aliphatic imine (C=N–C) groups is 2. The van der Waals surface area contributed by atoms with E-state index in [1.807, 2.05) is 0 Å². The summed E-state index contributed by atoms with van der Waals surface area (Å²) in [5, 5.41) is 6.40. The van der Waals surface area contributed by atoms with Crippen molar-refractivity contribution in [2.75, 3.05) is 4.90 Å². The van der Waals surface area contributed by atoms with Gasteiger partial charge >= 0.3 is 0 Å². The number of hydrogen-bond acceptors (Lipinski definition) is 5. The molecule has 13 rings (SSSR count). The lowest BCUT2D eigenvalue weighted by atomic mass is 9.77. The van der Waals surface area contributed by atoms with Gasteiger partial charge in [-0.3, -0.25) is 0 Å². The number of benzene rings is 5. The topological polar surface area (TPSA) is 43.2 Å². The van der Waals surface area contributed by atoms with E-state index >= 15 is 0 Å². The monoisotopic (exact) mass is 827 g/mol. The molecule has 0 radical (unpaired) electrons. The van der Waals surface area contributed by atoms with E-state index in [0.29, 0.717) is 23.8 Å². The van der Waals surface area contributed by atoms with E-state index in [4.69, 9.17) is 9.98 Å². The average Bonchev–Trinajstić information content (AvgIpc) is 3.89. The highest BCUT2D eigenvalue weighted by molar-refractivity contribution is 6.13. The fourth-order valence-electron chi connectivity index (χ4n) is 11.7. The van der Waals surface area contributed by atoms with Crippen LogP contribution in [0.5, 0.6) is 0 Å². The van der Waals surface area contributed by atoms with Gasteiger partial charge in [0.15, 0.2) is 5.84 Å². The maximum Gasteiger partial charge on any atom is 0.159 e. The first-order chi connectivity index (χ1) is 31.7. The summed E-state index contributed by atoms with van der Waals surface area (Å²) in [6, 6.07) is 44.1. The van der Waals surface area contributed by atoms with Gasteiger partial charge in [-0.25, -0.2) is 9.98 Å². The zero-order valence-electron chi connectivity index (χ0n) is 35.8. The van der Waals surface area contributed by atoms with E-state index < -0.39 is 0 Å². The highest BCUT2D eigenvalue weighted by Crippen LogP contribution is 2.57. The maximum absolute atomic E-state index is 5.32. The Bertz CT molecular complexity index is 3100. The number of amidine groups is 2. The number of anilines is 1. The summed E-state index contributed by atoms with van der Waals surface area (Å²) in [4.78, 5) is 16.1. The van der Waals surface area contributed by atoms with Crippen molar-refractivity contribution in [1.82, 2.24) is 10.2 Å². The van der Waals surface area contributed by atoms with E-state index in [2.05, 4.69) is 209 Å². The minimum atomic E-state index is -0.246. The van der Waals surface area contributed by atoms with E-state index in [1.54, 1.807) is 0 Å². The first kappa shape index (κ1) is 37.3. The molecule has 0 bridgehead atoms. The van der Waals surface area contributed by atoms with Crippen molar-refractivity contribution in [3.63, 3.8) is 0 Å². The van der Waals surface area contributed by atoms with E-state index in [0.717, 1.165) is 60.5 Å². The normalized spacial score (nSPS) is 26.1. The molecule has 0 amide bonds. The fraction of sp³-hybridized carbons (Fsp3) is 0.186. The van der Waals surface area contributed by atoms with Crippen LogP contribution in [0.3, 0.4) is 0 Å². The molecule has 5 heteroatoms. The number of nitrogens with zero attached hydrogens (tertiary/aromatic N) is 4. The first-order valence-electron chi connectivity index (χ1n) is 23.2. The minimum absolute atomic E-state index is 0.198. The Hall–Kier alpha value is -7.24. The molecule has 5 aliphatic carbocycles. The molecule has 5 aromatic rings. The van der Waals surface area contributed by atoms with E-state index in [1.165, 1.54) is 61.4 Å². The molecule has 6 atom stereocenters. The smallest absolute Gasteiger partial charge is 0.159 e. The second kappa shape index (κ2) is 15.2. The Morgan fingerprint density at radius 2 is 1.44 bits per heavy atom. The summed E-state index contributed by atoms with van der Waals surface area (Å²) in [6.07, 6.45) is 33.7. The SMILES string of the molecule is C1=CCC2C=C3C(=C(N4c5c(ccc6ccccc56)C5C=CC=CC54)C2=C1)N(C1=CC=C(C2=NC(c4cccc(-c5ccccc5)c4)=NC(c4ccccc4)N2)CC1)C1CCC=CC31. The van der Waals surface area contributed by atoms with E-state index in [-0.39, 0.29) is 12.2 Å². The molecule has 3 aliphatic heterocycles. The number of hydrogen-bond donors (Lipinski definition) is 1. The van der Waals surface area contributed by atoms with Gasteiger partial charge in [-0.1, -0.05) is 182 Å². The first-order valence-corrected chi connectivity index (χ1v) is 23.2. The molecule has 1 N–H and O–H groups in total. The molecule has 0 spiro atoms. The maximum atomic E-state index is 5.32. The second-order valence-electron chi connectivity index (χ2n) is 18.2. The number of likely N-dealkylation sites (tertiary alicyclic amines) is 1. The predicted octanol–water partition coefficient (Wildman–Crippen LogP) is 13.0.